The summed E-state index contributed by atoms with van der Waals surface area (Å²) < 4.78 is 67.1. The van der Waals surface area contributed by atoms with E-state index in [1.807, 2.05) is 5.32 Å². The summed E-state index contributed by atoms with van der Waals surface area (Å²) in [6.07, 6.45) is 0.224. The minimum atomic E-state index is -4.28. The number of fused-ring (bicyclic) bond motifs is 1. The van der Waals surface area contributed by atoms with Crippen molar-refractivity contribution in [1.82, 2.24) is 20.2 Å². The molecule has 2 amide bonds. The third-order valence-electron chi connectivity index (χ3n) is 5.30. The van der Waals surface area contributed by atoms with Gasteiger partial charge < -0.3 is 25.7 Å². The van der Waals surface area contributed by atoms with Crippen LogP contribution in [0, 0.1) is 0 Å². The molecule has 0 spiro atoms. The molecule has 0 unspecified atom stereocenters. The fourth-order valence-corrected chi connectivity index (χ4v) is 2.56. The summed E-state index contributed by atoms with van der Waals surface area (Å²) in [5.41, 5.74) is 5.59. The van der Waals surface area contributed by atoms with Crippen LogP contribution in [0.4, 0.5) is 26.7 Å². The number of methoxy groups -OCH3 is 1. The Hall–Kier alpha value is -2.34. The zero-order chi connectivity index (χ0) is 26.7. The lowest BCUT2D eigenvalue weighted by Crippen LogP contribution is -2.72. The number of rotatable bonds is 4. The van der Waals surface area contributed by atoms with Crippen LogP contribution in [0.3, 0.4) is 0 Å². The molecular formula is C21H28B2F5N5O2. The average Bonchev–Trinajstić information content (AvgIpc) is 3.57. The van der Waals surface area contributed by atoms with Crippen molar-refractivity contribution >= 4 is 32.8 Å². The van der Waals surface area contributed by atoms with Gasteiger partial charge in [0.2, 0.25) is 0 Å². The molecule has 1 aromatic heterocycles. The van der Waals surface area contributed by atoms with Crippen molar-refractivity contribution in [1.29, 1.82) is 0 Å². The topological polar surface area (TPSA) is 96.3 Å². The fourth-order valence-electron chi connectivity index (χ4n) is 2.56. The van der Waals surface area contributed by atoms with E-state index >= 15 is 0 Å². The zero-order valence-electron chi connectivity index (χ0n) is 19.8. The molecule has 4 rings (SSSR count). The number of carbonyl (C=O) groups excluding carboxylic acids is 1. The maximum atomic E-state index is 13.9. The number of benzene rings is 1. The van der Waals surface area contributed by atoms with Crippen LogP contribution in [0.2, 0.25) is 0 Å². The van der Waals surface area contributed by atoms with Gasteiger partial charge in [0, 0.05) is 19.0 Å². The number of aromatic amines is 1. The van der Waals surface area contributed by atoms with E-state index in [9.17, 15) is 26.7 Å². The van der Waals surface area contributed by atoms with E-state index in [1.54, 1.807) is 18.2 Å². The maximum absolute atomic E-state index is 13.9. The molecule has 1 aliphatic carbocycles. The largest absolute Gasteiger partial charge is 0.416 e. The molecule has 2 aromatic rings. The number of imidazole rings is 1. The molecule has 4 N–H and O–H groups in total. The van der Waals surface area contributed by atoms with Gasteiger partial charge in [-0.25, -0.2) is 18.6 Å². The molecule has 2 aliphatic rings. The highest BCUT2D eigenvalue weighted by atomic mass is 19.4. The normalized spacial score (nSPS) is 18.7. The van der Waals surface area contributed by atoms with Crippen molar-refractivity contribution in [2.75, 3.05) is 13.7 Å². The Balaban J connectivity index is 0.000000298. The molecule has 0 bridgehead atoms. The smallest absolute Gasteiger partial charge is 0.369 e. The van der Waals surface area contributed by atoms with Gasteiger partial charge in [-0.2, -0.15) is 13.2 Å². The van der Waals surface area contributed by atoms with Gasteiger partial charge in [-0.15, -0.1) is 0 Å². The van der Waals surface area contributed by atoms with Gasteiger partial charge in [-0.3, -0.25) is 0 Å². The van der Waals surface area contributed by atoms with E-state index in [4.69, 9.17) is 21.4 Å². The monoisotopic (exact) mass is 499 g/mol. The molecule has 1 saturated heterocycles. The summed E-state index contributed by atoms with van der Waals surface area (Å²) in [4.78, 5) is 20.1. The number of H-pyrrole nitrogens is 1. The summed E-state index contributed by atoms with van der Waals surface area (Å²) >= 11 is 0. The summed E-state index contributed by atoms with van der Waals surface area (Å²) in [6, 6.07) is 4.44. The molecule has 0 atom stereocenters. The lowest BCUT2D eigenvalue weighted by molar-refractivity contribution is -0.255. The maximum Gasteiger partial charge on any atom is 0.416 e. The molecule has 1 saturated carbocycles. The van der Waals surface area contributed by atoms with E-state index in [2.05, 4.69) is 14.7 Å². The van der Waals surface area contributed by atoms with Crippen LogP contribution >= 0.6 is 0 Å². The minimum absolute atomic E-state index is 0.00950. The summed E-state index contributed by atoms with van der Waals surface area (Å²) in [5.74, 6) is -2.83. The second-order valence-electron chi connectivity index (χ2n) is 8.87. The highest BCUT2D eigenvalue weighted by Gasteiger charge is 2.52. The van der Waals surface area contributed by atoms with Gasteiger partial charge in [0.15, 0.2) is 5.60 Å². The van der Waals surface area contributed by atoms with Crippen molar-refractivity contribution in [3.63, 3.8) is 0 Å². The Morgan fingerprint density at radius 3 is 2.26 bits per heavy atom. The van der Waals surface area contributed by atoms with Gasteiger partial charge in [0.05, 0.1) is 39.8 Å². The molecule has 1 aliphatic heterocycles. The van der Waals surface area contributed by atoms with E-state index < -0.39 is 35.6 Å². The van der Waals surface area contributed by atoms with Crippen LogP contribution in [-0.2, 0) is 17.8 Å². The fraction of sp³-hybridized carbons (Fsp3) is 0.619. The molecular weight excluding hydrogens is 471 g/mol. The first-order valence-corrected chi connectivity index (χ1v) is 10.8. The first kappa shape index (κ1) is 28.9. The number of nitrogens with two attached hydrogens (primary N) is 1. The number of carbonyl (C=O) groups is 1. The van der Waals surface area contributed by atoms with Crippen LogP contribution < -0.4 is 11.1 Å². The van der Waals surface area contributed by atoms with E-state index in [1.165, 1.54) is 19.3 Å². The van der Waals surface area contributed by atoms with Gasteiger partial charge in [0.1, 0.15) is 5.82 Å². The number of nitrogens with zero attached hydrogens (tertiary/aromatic N) is 2. The Morgan fingerprint density at radius 1 is 1.20 bits per heavy atom. The number of halogens is 5. The Kier molecular flexibility index (Phi) is 8.86. The quantitative estimate of drug-likeness (QED) is 0.445. The third kappa shape index (κ3) is 7.57. The Bertz CT molecular complexity index is 1010. The number of hydrogen-bond donors (Lipinski definition) is 3. The standard InChI is InChI=1S/C13H13B2F2N5O.C5H9F3O.C3H6/c14-13(15)12(16,17)6-22(11(23)21-13)5-7-1-2-8-9(3-7)20-10(4-18)19-8;1-4(2,9-3)5(6,7)8;1-2-3-1/h1-3H,4-6,18H2,(H,19,20)(H,21,23);1-3H3;1-3H2. The van der Waals surface area contributed by atoms with Gasteiger partial charge in [-0.1, -0.05) is 25.3 Å². The molecule has 2 fully saturated rings. The Labute approximate surface area is 203 Å². The minimum Gasteiger partial charge on any atom is -0.369 e. The van der Waals surface area contributed by atoms with Crippen LogP contribution in [0.25, 0.3) is 11.0 Å². The highest BCUT2D eigenvalue weighted by Crippen LogP contribution is 2.32. The SMILES string of the molecule is C1CC1.COC(C)(C)C(F)(F)F.[B]C1([B])NC(=O)N(Cc2ccc3nc(CN)[nH]c3c2)CC1(F)F. The summed E-state index contributed by atoms with van der Waals surface area (Å²) in [6.45, 7) is 1.35. The number of nitrogens with one attached hydrogen (secondary N) is 2. The number of hydrogen-bond acceptors (Lipinski definition) is 4. The molecule has 35 heavy (non-hydrogen) atoms. The highest BCUT2D eigenvalue weighted by molar-refractivity contribution is 6.42. The number of alkyl halides is 5. The predicted octanol–water partition coefficient (Wildman–Crippen LogP) is 3.32. The molecule has 14 heteroatoms. The summed E-state index contributed by atoms with van der Waals surface area (Å²) in [5, 5.41) is -0.629. The lowest BCUT2D eigenvalue weighted by atomic mass is 9.57. The van der Waals surface area contributed by atoms with Gasteiger partial charge >= 0.3 is 12.2 Å². The van der Waals surface area contributed by atoms with Crippen LogP contribution in [0.1, 0.15) is 44.5 Å². The van der Waals surface area contributed by atoms with Crippen molar-refractivity contribution < 1.29 is 31.5 Å². The van der Waals surface area contributed by atoms with Crippen molar-refractivity contribution in [3.05, 3.63) is 29.6 Å². The van der Waals surface area contributed by atoms with Crippen LogP contribution in [0.5, 0.6) is 0 Å². The molecule has 1 aromatic carbocycles. The van der Waals surface area contributed by atoms with Crippen molar-refractivity contribution in [3.8, 4) is 0 Å². The third-order valence-corrected chi connectivity index (χ3v) is 5.30. The summed E-state index contributed by atoms with van der Waals surface area (Å²) in [7, 11) is 11.5. The zero-order valence-corrected chi connectivity index (χ0v) is 19.8. The molecule has 7 nitrogen and oxygen atoms in total. The second-order valence-corrected chi connectivity index (χ2v) is 8.87. The van der Waals surface area contributed by atoms with Crippen LogP contribution in [0.15, 0.2) is 18.2 Å². The van der Waals surface area contributed by atoms with Crippen molar-refractivity contribution in [2.24, 2.45) is 5.73 Å². The van der Waals surface area contributed by atoms with Crippen molar-refractivity contribution in [2.45, 2.75) is 69.2 Å². The average molecular weight is 499 g/mol. The number of ether oxygens (including phenoxy) is 1. The first-order valence-electron chi connectivity index (χ1n) is 10.8. The van der Waals surface area contributed by atoms with Crippen LogP contribution in [-0.4, -0.2) is 73.3 Å². The number of amides is 2. The van der Waals surface area contributed by atoms with Gasteiger partial charge in [0.25, 0.3) is 5.92 Å². The molecule has 2 heterocycles. The van der Waals surface area contributed by atoms with E-state index in [0.717, 1.165) is 31.4 Å². The van der Waals surface area contributed by atoms with Gasteiger partial charge in [-0.05, 0) is 31.5 Å². The first-order chi connectivity index (χ1) is 16.0. The second kappa shape index (κ2) is 10.7. The number of urea groups is 1. The molecule has 190 valence electrons. The Morgan fingerprint density at radius 2 is 1.80 bits per heavy atom. The number of aromatic nitrogens is 2. The lowest BCUT2D eigenvalue weighted by Gasteiger charge is -2.45. The van der Waals surface area contributed by atoms with E-state index in [-0.39, 0.29) is 13.1 Å². The predicted molar refractivity (Wildman–Crippen MR) is 123 cm³/mol. The molecule has 4 radical (unpaired) electrons. The van der Waals surface area contributed by atoms with E-state index in [0.29, 0.717) is 16.9 Å².